The molecular weight excluding hydrogens is 184 g/mol. The summed E-state index contributed by atoms with van der Waals surface area (Å²) in [5.74, 6) is 0. The fourth-order valence-electron chi connectivity index (χ4n) is 2.18. The van der Waals surface area contributed by atoms with Crippen molar-refractivity contribution in [2.45, 2.75) is 52.1 Å². The van der Waals surface area contributed by atoms with Crippen molar-refractivity contribution < 1.29 is 0 Å². The van der Waals surface area contributed by atoms with Gasteiger partial charge in [0.05, 0.1) is 0 Å². The van der Waals surface area contributed by atoms with Crippen LogP contribution in [0.5, 0.6) is 0 Å². The Morgan fingerprint density at radius 2 is 2.20 bits per heavy atom. The Bertz CT molecular complexity index is 213. The van der Waals surface area contributed by atoms with Crippen molar-refractivity contribution in [1.29, 1.82) is 0 Å². The molecule has 0 aliphatic carbocycles. The van der Waals surface area contributed by atoms with E-state index in [1.807, 2.05) is 0 Å². The third-order valence-corrected chi connectivity index (χ3v) is 3.79. The van der Waals surface area contributed by atoms with Gasteiger partial charge in [-0.3, -0.25) is 4.90 Å². The lowest BCUT2D eigenvalue weighted by Crippen LogP contribution is -2.62. The van der Waals surface area contributed by atoms with E-state index in [1.165, 1.54) is 19.4 Å². The van der Waals surface area contributed by atoms with E-state index < -0.39 is 0 Å². The Kier molecular flexibility index (Phi) is 4.81. The molecule has 0 amide bonds. The minimum atomic E-state index is 0.338. The highest BCUT2D eigenvalue weighted by molar-refractivity contribution is 4.97. The molecular formula is C13H26N2. The lowest BCUT2D eigenvalue weighted by atomic mass is 9.91. The molecule has 2 atom stereocenters. The molecule has 0 aromatic carbocycles. The minimum absolute atomic E-state index is 0.338. The molecule has 2 nitrogen and oxygen atoms in total. The van der Waals surface area contributed by atoms with Crippen LogP contribution in [0.25, 0.3) is 0 Å². The highest BCUT2D eigenvalue weighted by Gasteiger charge is 2.34. The van der Waals surface area contributed by atoms with Crippen LogP contribution in [-0.2, 0) is 0 Å². The van der Waals surface area contributed by atoms with Crippen molar-refractivity contribution in [3.8, 4) is 0 Å². The van der Waals surface area contributed by atoms with E-state index in [2.05, 4.69) is 50.1 Å². The van der Waals surface area contributed by atoms with Gasteiger partial charge in [0.2, 0.25) is 0 Å². The van der Waals surface area contributed by atoms with Crippen molar-refractivity contribution in [3.63, 3.8) is 0 Å². The molecule has 1 aliphatic heterocycles. The minimum Gasteiger partial charge on any atom is -0.311 e. The summed E-state index contributed by atoms with van der Waals surface area (Å²) in [7, 11) is 0. The normalized spacial score (nSPS) is 33.7. The summed E-state index contributed by atoms with van der Waals surface area (Å²) in [5, 5.41) is 3.65. The molecule has 0 aromatic heterocycles. The van der Waals surface area contributed by atoms with Gasteiger partial charge in [0.15, 0.2) is 0 Å². The Labute approximate surface area is 94.7 Å². The van der Waals surface area contributed by atoms with Crippen molar-refractivity contribution in [2.24, 2.45) is 0 Å². The summed E-state index contributed by atoms with van der Waals surface area (Å²) in [5.41, 5.74) is 0.338. The number of nitrogens with zero attached hydrogens (tertiary/aromatic N) is 1. The van der Waals surface area contributed by atoms with E-state index in [9.17, 15) is 0 Å². The molecule has 0 radical (unpaired) electrons. The van der Waals surface area contributed by atoms with E-state index in [0.29, 0.717) is 11.6 Å². The maximum absolute atomic E-state index is 3.65. The van der Waals surface area contributed by atoms with Crippen LogP contribution < -0.4 is 5.32 Å². The molecule has 0 aromatic rings. The van der Waals surface area contributed by atoms with Gasteiger partial charge < -0.3 is 5.32 Å². The van der Waals surface area contributed by atoms with Crippen LogP contribution in [0.15, 0.2) is 12.2 Å². The molecule has 0 saturated carbocycles. The third-order valence-electron chi connectivity index (χ3n) is 3.79. The molecule has 1 aliphatic rings. The average Bonchev–Trinajstić information content (AvgIpc) is 2.28. The van der Waals surface area contributed by atoms with Gasteiger partial charge in [-0.05, 0) is 26.7 Å². The summed E-state index contributed by atoms with van der Waals surface area (Å²) in [6.45, 7) is 12.4. The predicted molar refractivity (Wildman–Crippen MR) is 67.2 cm³/mol. The van der Waals surface area contributed by atoms with Crippen molar-refractivity contribution in [2.75, 3.05) is 19.6 Å². The van der Waals surface area contributed by atoms with Crippen LogP contribution >= 0.6 is 0 Å². The quantitative estimate of drug-likeness (QED) is 0.717. The first kappa shape index (κ1) is 12.7. The van der Waals surface area contributed by atoms with Gasteiger partial charge in [-0.25, -0.2) is 0 Å². The van der Waals surface area contributed by atoms with E-state index in [-0.39, 0.29) is 0 Å². The zero-order valence-corrected chi connectivity index (χ0v) is 10.7. The van der Waals surface area contributed by atoms with Crippen molar-refractivity contribution in [3.05, 3.63) is 12.2 Å². The molecule has 1 N–H and O–H groups in total. The van der Waals surface area contributed by atoms with E-state index in [4.69, 9.17) is 0 Å². The van der Waals surface area contributed by atoms with Gasteiger partial charge in [-0.2, -0.15) is 0 Å². The summed E-state index contributed by atoms with van der Waals surface area (Å²) >= 11 is 0. The third kappa shape index (κ3) is 3.05. The van der Waals surface area contributed by atoms with Gasteiger partial charge in [0.1, 0.15) is 0 Å². The van der Waals surface area contributed by atoms with E-state index in [0.717, 1.165) is 13.1 Å². The molecule has 88 valence electrons. The smallest absolute Gasteiger partial charge is 0.0307 e. The lowest BCUT2D eigenvalue weighted by molar-refractivity contribution is 0.0596. The topological polar surface area (TPSA) is 15.3 Å². The van der Waals surface area contributed by atoms with Crippen molar-refractivity contribution in [1.82, 2.24) is 10.2 Å². The maximum atomic E-state index is 3.65. The Hall–Kier alpha value is -0.340. The first-order chi connectivity index (χ1) is 7.16. The molecule has 0 bridgehead atoms. The van der Waals surface area contributed by atoms with Gasteiger partial charge in [-0.15, -0.1) is 0 Å². The second-order valence-electron chi connectivity index (χ2n) is 4.81. The number of rotatable bonds is 4. The predicted octanol–water partition coefficient (Wildman–Crippen LogP) is 2.42. The number of piperazine rings is 1. The molecule has 1 fully saturated rings. The number of hydrogen-bond donors (Lipinski definition) is 1. The largest absolute Gasteiger partial charge is 0.311 e. The van der Waals surface area contributed by atoms with Gasteiger partial charge in [-0.1, -0.05) is 26.0 Å². The monoisotopic (exact) mass is 210 g/mol. The molecule has 1 heterocycles. The maximum Gasteiger partial charge on any atom is 0.0307 e. The second kappa shape index (κ2) is 5.66. The number of allylic oxidation sites excluding steroid dienone is 1. The van der Waals surface area contributed by atoms with E-state index in [1.54, 1.807) is 0 Å². The van der Waals surface area contributed by atoms with Gasteiger partial charge in [0, 0.05) is 31.2 Å². The van der Waals surface area contributed by atoms with Crippen LogP contribution in [-0.4, -0.2) is 36.1 Å². The zero-order valence-electron chi connectivity index (χ0n) is 10.7. The fraction of sp³-hybridized carbons (Fsp3) is 0.846. The molecule has 15 heavy (non-hydrogen) atoms. The van der Waals surface area contributed by atoms with Gasteiger partial charge in [0.25, 0.3) is 0 Å². The SMILES string of the molecule is C/C=C/CN1CC(CC)NCC1(C)CC. The molecule has 1 rings (SSSR count). The Morgan fingerprint density at radius 1 is 1.47 bits per heavy atom. The molecule has 2 heteroatoms. The summed E-state index contributed by atoms with van der Waals surface area (Å²) in [4.78, 5) is 2.62. The summed E-state index contributed by atoms with van der Waals surface area (Å²) in [6, 6.07) is 0.676. The molecule has 0 spiro atoms. The Morgan fingerprint density at radius 3 is 2.73 bits per heavy atom. The zero-order chi connectivity index (χ0) is 11.3. The van der Waals surface area contributed by atoms with Gasteiger partial charge >= 0.3 is 0 Å². The van der Waals surface area contributed by atoms with Crippen LogP contribution in [0.2, 0.25) is 0 Å². The Balaban J connectivity index is 2.64. The summed E-state index contributed by atoms with van der Waals surface area (Å²) in [6.07, 6.45) is 6.87. The highest BCUT2D eigenvalue weighted by atomic mass is 15.3. The van der Waals surface area contributed by atoms with Crippen LogP contribution in [0.3, 0.4) is 0 Å². The van der Waals surface area contributed by atoms with Crippen LogP contribution in [0, 0.1) is 0 Å². The average molecular weight is 210 g/mol. The van der Waals surface area contributed by atoms with Crippen LogP contribution in [0.4, 0.5) is 0 Å². The van der Waals surface area contributed by atoms with Crippen LogP contribution in [0.1, 0.15) is 40.5 Å². The number of hydrogen-bond acceptors (Lipinski definition) is 2. The fourth-order valence-corrected chi connectivity index (χ4v) is 2.18. The van der Waals surface area contributed by atoms with Crippen molar-refractivity contribution >= 4 is 0 Å². The highest BCUT2D eigenvalue weighted by Crippen LogP contribution is 2.23. The number of nitrogens with one attached hydrogen (secondary N) is 1. The molecule has 2 unspecified atom stereocenters. The lowest BCUT2D eigenvalue weighted by Gasteiger charge is -2.47. The molecule has 1 saturated heterocycles. The standard InChI is InChI=1S/C13H26N2/c1-5-8-9-15-10-12(6-2)14-11-13(15,4)7-3/h5,8,12,14H,6-7,9-11H2,1-4H3/b8-5+. The summed E-state index contributed by atoms with van der Waals surface area (Å²) < 4.78 is 0. The van der Waals surface area contributed by atoms with E-state index >= 15 is 0 Å². The second-order valence-corrected chi connectivity index (χ2v) is 4.81. The first-order valence-corrected chi connectivity index (χ1v) is 6.26. The first-order valence-electron chi connectivity index (χ1n) is 6.26.